The van der Waals surface area contributed by atoms with Gasteiger partial charge in [-0.15, -0.1) is 0 Å². The van der Waals surface area contributed by atoms with Crippen LogP contribution in [0.15, 0.2) is 16.5 Å². The Balaban J connectivity index is 2.45. The fourth-order valence-electron chi connectivity index (χ4n) is 1.56. The second-order valence-corrected chi connectivity index (χ2v) is 4.03. The molecule has 0 bridgehead atoms. The van der Waals surface area contributed by atoms with E-state index < -0.39 is 0 Å². The molecule has 0 aliphatic carbocycles. The molecule has 2 aromatic rings. The maximum absolute atomic E-state index is 6.21. The van der Waals surface area contributed by atoms with Crippen molar-refractivity contribution in [1.82, 2.24) is 14.9 Å². The third-order valence-electron chi connectivity index (χ3n) is 2.43. The molecule has 2 rings (SSSR count). The number of hydrogen-bond donors (Lipinski definition) is 1. The van der Waals surface area contributed by atoms with Crippen molar-refractivity contribution >= 4 is 11.6 Å². The Morgan fingerprint density at radius 3 is 2.81 bits per heavy atom. The van der Waals surface area contributed by atoms with E-state index in [2.05, 4.69) is 10.3 Å². The lowest BCUT2D eigenvalue weighted by molar-refractivity contribution is 0.546. The lowest BCUT2D eigenvalue weighted by atomic mass is 10.3. The van der Waals surface area contributed by atoms with Crippen molar-refractivity contribution in [2.24, 2.45) is 7.05 Å². The molecule has 0 atom stereocenters. The van der Waals surface area contributed by atoms with E-state index in [1.54, 1.807) is 0 Å². The quantitative estimate of drug-likeness (QED) is 0.894. The molecule has 0 saturated heterocycles. The molecule has 1 N–H and O–H groups in total. The lowest BCUT2D eigenvalue weighted by Crippen LogP contribution is -2.10. The predicted molar refractivity (Wildman–Crippen MR) is 63.4 cm³/mol. The number of rotatable bonds is 3. The van der Waals surface area contributed by atoms with Gasteiger partial charge in [0.15, 0.2) is 5.76 Å². The first kappa shape index (κ1) is 11.2. The number of furan rings is 1. The van der Waals surface area contributed by atoms with Crippen LogP contribution in [0.1, 0.15) is 11.6 Å². The fourth-order valence-corrected chi connectivity index (χ4v) is 1.79. The highest BCUT2D eigenvalue weighted by atomic mass is 35.5. The topological polar surface area (TPSA) is 43.0 Å². The first-order valence-corrected chi connectivity index (χ1v) is 5.43. The van der Waals surface area contributed by atoms with Crippen molar-refractivity contribution in [3.8, 4) is 11.5 Å². The predicted octanol–water partition coefficient (Wildman–Crippen LogP) is 2.36. The molecule has 0 unspecified atom stereocenters. The summed E-state index contributed by atoms with van der Waals surface area (Å²) in [4.78, 5) is 4.46. The largest absolute Gasteiger partial charge is 0.460 e. The molecule has 86 valence electrons. The van der Waals surface area contributed by atoms with Crippen LogP contribution in [0.4, 0.5) is 0 Å². The molecular formula is C11H14ClN3O. The molecule has 0 aromatic carbocycles. The summed E-state index contributed by atoms with van der Waals surface area (Å²) in [6.45, 7) is 2.57. The van der Waals surface area contributed by atoms with E-state index in [4.69, 9.17) is 16.0 Å². The van der Waals surface area contributed by atoms with Gasteiger partial charge in [0.2, 0.25) is 0 Å². The van der Waals surface area contributed by atoms with Crippen LogP contribution in [0.3, 0.4) is 0 Å². The van der Waals surface area contributed by atoms with Gasteiger partial charge in [0, 0.05) is 7.05 Å². The van der Waals surface area contributed by atoms with Gasteiger partial charge in [-0.05, 0) is 26.1 Å². The summed E-state index contributed by atoms with van der Waals surface area (Å²) in [5.41, 5.74) is 0.697. The SMILES string of the molecule is CNCc1nc(-c2ccc(C)o2)c(Cl)n1C. The minimum atomic E-state index is 0.597. The van der Waals surface area contributed by atoms with E-state index in [-0.39, 0.29) is 0 Å². The molecule has 2 heterocycles. The Labute approximate surface area is 99.2 Å². The van der Waals surface area contributed by atoms with Crippen molar-refractivity contribution in [2.45, 2.75) is 13.5 Å². The summed E-state index contributed by atoms with van der Waals surface area (Å²) >= 11 is 6.21. The third-order valence-corrected chi connectivity index (χ3v) is 2.86. The lowest BCUT2D eigenvalue weighted by Gasteiger charge is -1.99. The fraction of sp³-hybridized carbons (Fsp3) is 0.364. The summed E-state index contributed by atoms with van der Waals surface area (Å²) in [5.74, 6) is 2.45. The van der Waals surface area contributed by atoms with E-state index in [1.807, 2.05) is 37.7 Å². The van der Waals surface area contributed by atoms with Crippen LogP contribution in [0.25, 0.3) is 11.5 Å². The average molecular weight is 240 g/mol. The van der Waals surface area contributed by atoms with Crippen molar-refractivity contribution < 1.29 is 4.42 Å². The van der Waals surface area contributed by atoms with Crippen molar-refractivity contribution in [3.63, 3.8) is 0 Å². The number of nitrogens with one attached hydrogen (secondary N) is 1. The second-order valence-electron chi connectivity index (χ2n) is 3.67. The maximum atomic E-state index is 6.21. The normalized spacial score (nSPS) is 11.0. The molecule has 0 radical (unpaired) electrons. The molecule has 5 heteroatoms. The first-order valence-electron chi connectivity index (χ1n) is 5.06. The van der Waals surface area contributed by atoms with Crippen molar-refractivity contribution in [1.29, 1.82) is 0 Å². The van der Waals surface area contributed by atoms with Gasteiger partial charge in [-0.2, -0.15) is 0 Å². The van der Waals surface area contributed by atoms with Gasteiger partial charge in [0.05, 0.1) is 6.54 Å². The van der Waals surface area contributed by atoms with E-state index in [0.29, 0.717) is 23.2 Å². The molecule has 2 aromatic heterocycles. The van der Waals surface area contributed by atoms with E-state index >= 15 is 0 Å². The average Bonchev–Trinajstić information content (AvgIpc) is 2.78. The standard InChI is InChI=1S/C11H14ClN3O/c1-7-4-5-8(16-7)10-11(12)15(3)9(14-10)6-13-2/h4-5,13H,6H2,1-3H3. The Kier molecular flexibility index (Phi) is 3.03. The zero-order valence-electron chi connectivity index (χ0n) is 9.54. The summed E-state index contributed by atoms with van der Waals surface area (Å²) in [6.07, 6.45) is 0. The summed E-state index contributed by atoms with van der Waals surface area (Å²) < 4.78 is 7.37. The molecule has 4 nitrogen and oxygen atoms in total. The Bertz CT molecular complexity index is 501. The highest BCUT2D eigenvalue weighted by Crippen LogP contribution is 2.28. The number of imidazole rings is 1. The molecule has 0 spiro atoms. The van der Waals surface area contributed by atoms with Crippen LogP contribution in [0.2, 0.25) is 5.15 Å². The van der Waals surface area contributed by atoms with Gasteiger partial charge >= 0.3 is 0 Å². The molecule has 0 aliphatic heterocycles. The highest BCUT2D eigenvalue weighted by molar-refractivity contribution is 6.32. The number of aryl methyl sites for hydroxylation is 1. The van der Waals surface area contributed by atoms with E-state index in [0.717, 1.165) is 11.6 Å². The van der Waals surface area contributed by atoms with Gasteiger partial charge in [0.25, 0.3) is 0 Å². The molecule has 0 amide bonds. The van der Waals surface area contributed by atoms with Crippen LogP contribution in [0, 0.1) is 6.92 Å². The maximum Gasteiger partial charge on any atom is 0.155 e. The zero-order chi connectivity index (χ0) is 11.7. The van der Waals surface area contributed by atoms with E-state index in [9.17, 15) is 0 Å². The van der Waals surface area contributed by atoms with Crippen LogP contribution in [-0.4, -0.2) is 16.6 Å². The second kappa shape index (κ2) is 4.31. The molecule has 0 aliphatic rings. The molecule has 16 heavy (non-hydrogen) atoms. The van der Waals surface area contributed by atoms with Crippen LogP contribution >= 0.6 is 11.6 Å². The summed E-state index contributed by atoms with van der Waals surface area (Å²) in [7, 11) is 3.76. The highest BCUT2D eigenvalue weighted by Gasteiger charge is 2.16. The Hall–Kier alpha value is -1.26. The summed E-state index contributed by atoms with van der Waals surface area (Å²) in [5, 5.41) is 3.65. The molecule has 0 fully saturated rings. The Morgan fingerprint density at radius 2 is 2.25 bits per heavy atom. The number of aromatic nitrogens is 2. The van der Waals surface area contributed by atoms with Gasteiger partial charge in [-0.3, -0.25) is 0 Å². The first-order chi connectivity index (χ1) is 7.63. The minimum Gasteiger partial charge on any atom is -0.460 e. The zero-order valence-corrected chi connectivity index (χ0v) is 10.3. The van der Waals surface area contributed by atoms with Gasteiger partial charge in [-0.25, -0.2) is 4.98 Å². The molecule has 0 saturated carbocycles. The van der Waals surface area contributed by atoms with Gasteiger partial charge in [-0.1, -0.05) is 11.6 Å². The van der Waals surface area contributed by atoms with Crippen LogP contribution in [-0.2, 0) is 13.6 Å². The van der Waals surface area contributed by atoms with Crippen molar-refractivity contribution in [3.05, 3.63) is 28.9 Å². The number of halogens is 1. The summed E-state index contributed by atoms with van der Waals surface area (Å²) in [6, 6.07) is 3.78. The van der Waals surface area contributed by atoms with E-state index in [1.165, 1.54) is 0 Å². The number of hydrogen-bond acceptors (Lipinski definition) is 3. The van der Waals surface area contributed by atoms with Gasteiger partial charge in [0.1, 0.15) is 22.4 Å². The van der Waals surface area contributed by atoms with Crippen LogP contribution in [0.5, 0.6) is 0 Å². The van der Waals surface area contributed by atoms with Gasteiger partial charge < -0.3 is 14.3 Å². The monoisotopic (exact) mass is 239 g/mol. The third kappa shape index (κ3) is 1.86. The van der Waals surface area contributed by atoms with Crippen LogP contribution < -0.4 is 5.32 Å². The van der Waals surface area contributed by atoms with Crippen molar-refractivity contribution in [2.75, 3.05) is 7.05 Å². The number of nitrogens with zero attached hydrogens (tertiary/aromatic N) is 2. The molecular weight excluding hydrogens is 226 g/mol. The smallest absolute Gasteiger partial charge is 0.155 e. The minimum absolute atomic E-state index is 0.597. The Morgan fingerprint density at radius 1 is 1.50 bits per heavy atom.